The fraction of sp³-hybridized carbons (Fsp3) is 0.867. The van der Waals surface area contributed by atoms with Gasteiger partial charge in [-0.25, -0.2) is 0 Å². The first kappa shape index (κ1) is 15.0. The molecule has 1 aliphatic rings. The molecule has 0 saturated heterocycles. The number of nitrogens with zero attached hydrogens (tertiary/aromatic N) is 1. The van der Waals surface area contributed by atoms with Crippen LogP contribution in [0.2, 0.25) is 0 Å². The number of nitrogens with one attached hydrogen (secondary N) is 1. The quantitative estimate of drug-likeness (QED) is 0.832. The molecule has 102 valence electrons. The van der Waals surface area contributed by atoms with Crippen LogP contribution in [0.15, 0.2) is 0 Å². The lowest BCUT2D eigenvalue weighted by atomic mass is 9.76. The highest BCUT2D eigenvalue weighted by Gasteiger charge is 2.38. The van der Waals surface area contributed by atoms with E-state index >= 15 is 0 Å². The lowest BCUT2D eigenvalue weighted by Crippen LogP contribution is -2.49. The summed E-state index contributed by atoms with van der Waals surface area (Å²) in [5.74, 6) is 1.09. The minimum Gasteiger partial charge on any atom is -0.352 e. The van der Waals surface area contributed by atoms with Crippen molar-refractivity contribution in [1.82, 2.24) is 5.32 Å². The molecule has 0 aromatic rings. The second-order valence-electron chi connectivity index (χ2n) is 5.75. The molecule has 1 fully saturated rings. The van der Waals surface area contributed by atoms with E-state index in [0.29, 0.717) is 24.7 Å². The van der Waals surface area contributed by atoms with Crippen molar-refractivity contribution < 1.29 is 4.79 Å². The van der Waals surface area contributed by atoms with Gasteiger partial charge >= 0.3 is 0 Å². The Morgan fingerprint density at radius 2 is 1.94 bits per heavy atom. The van der Waals surface area contributed by atoms with Gasteiger partial charge < -0.3 is 5.32 Å². The van der Waals surface area contributed by atoms with Crippen LogP contribution >= 0.6 is 0 Å². The molecule has 18 heavy (non-hydrogen) atoms. The fourth-order valence-corrected chi connectivity index (χ4v) is 2.87. The summed E-state index contributed by atoms with van der Waals surface area (Å²) < 4.78 is 0. The Kier molecular flexibility index (Phi) is 5.19. The van der Waals surface area contributed by atoms with Crippen molar-refractivity contribution in [3.63, 3.8) is 0 Å². The molecule has 3 unspecified atom stereocenters. The lowest BCUT2D eigenvalue weighted by molar-refractivity contribution is -0.130. The Labute approximate surface area is 111 Å². The molecule has 1 saturated carbocycles. The molecule has 1 rings (SSSR count). The smallest absolute Gasteiger partial charge is 0.240 e. The van der Waals surface area contributed by atoms with Gasteiger partial charge in [-0.15, -0.1) is 0 Å². The Morgan fingerprint density at radius 1 is 1.33 bits per heavy atom. The van der Waals surface area contributed by atoms with Gasteiger partial charge in [-0.05, 0) is 31.1 Å². The average molecular weight is 250 g/mol. The SMILES string of the molecule is CCC(C#N)(CC)C(=O)NC1CCCC(C)C1C. The van der Waals surface area contributed by atoms with Crippen molar-refractivity contribution in [2.45, 2.75) is 65.8 Å². The molecular formula is C15H26N2O. The van der Waals surface area contributed by atoms with Crippen LogP contribution in [-0.2, 0) is 4.79 Å². The summed E-state index contributed by atoms with van der Waals surface area (Å²) in [6, 6.07) is 2.46. The zero-order valence-electron chi connectivity index (χ0n) is 12.1. The summed E-state index contributed by atoms with van der Waals surface area (Å²) in [7, 11) is 0. The van der Waals surface area contributed by atoms with Crippen LogP contribution in [0.4, 0.5) is 0 Å². The van der Waals surface area contributed by atoms with Crippen LogP contribution in [-0.4, -0.2) is 11.9 Å². The molecule has 0 bridgehead atoms. The zero-order chi connectivity index (χ0) is 13.8. The zero-order valence-corrected chi connectivity index (χ0v) is 12.1. The second kappa shape index (κ2) is 6.22. The van der Waals surface area contributed by atoms with Crippen molar-refractivity contribution in [3.8, 4) is 6.07 Å². The number of carbonyl (C=O) groups is 1. The van der Waals surface area contributed by atoms with E-state index in [0.717, 1.165) is 6.42 Å². The molecule has 1 amide bonds. The van der Waals surface area contributed by atoms with Gasteiger partial charge in [0.05, 0.1) is 6.07 Å². The predicted octanol–water partition coefficient (Wildman–Crippen LogP) is 3.26. The first-order chi connectivity index (χ1) is 8.50. The summed E-state index contributed by atoms with van der Waals surface area (Å²) in [6.07, 6.45) is 4.64. The topological polar surface area (TPSA) is 52.9 Å². The maximum absolute atomic E-state index is 12.3. The monoisotopic (exact) mass is 250 g/mol. The lowest BCUT2D eigenvalue weighted by Gasteiger charge is -2.36. The van der Waals surface area contributed by atoms with Gasteiger partial charge in [0.2, 0.25) is 5.91 Å². The van der Waals surface area contributed by atoms with Crippen LogP contribution in [0.3, 0.4) is 0 Å². The van der Waals surface area contributed by atoms with E-state index in [9.17, 15) is 10.1 Å². The molecule has 0 heterocycles. The Bertz CT molecular complexity index is 328. The van der Waals surface area contributed by atoms with E-state index in [4.69, 9.17) is 0 Å². The van der Waals surface area contributed by atoms with Crippen LogP contribution in [0.5, 0.6) is 0 Å². The number of rotatable bonds is 4. The highest BCUT2D eigenvalue weighted by molar-refractivity contribution is 5.85. The van der Waals surface area contributed by atoms with Crippen molar-refractivity contribution >= 4 is 5.91 Å². The third-order valence-corrected chi connectivity index (χ3v) is 4.88. The summed E-state index contributed by atoms with van der Waals surface area (Å²) in [5.41, 5.74) is -0.833. The number of carbonyl (C=O) groups excluding carboxylic acids is 1. The average Bonchev–Trinajstić information content (AvgIpc) is 2.38. The molecule has 0 aromatic carbocycles. The van der Waals surface area contributed by atoms with Crippen molar-refractivity contribution in [2.75, 3.05) is 0 Å². The van der Waals surface area contributed by atoms with E-state index in [-0.39, 0.29) is 11.9 Å². The van der Waals surface area contributed by atoms with Gasteiger partial charge in [0.25, 0.3) is 0 Å². The van der Waals surface area contributed by atoms with Crippen LogP contribution in [0, 0.1) is 28.6 Å². The minimum absolute atomic E-state index is 0.0686. The third kappa shape index (κ3) is 2.85. The van der Waals surface area contributed by atoms with Crippen molar-refractivity contribution in [1.29, 1.82) is 5.26 Å². The molecule has 0 aromatic heterocycles. The predicted molar refractivity (Wildman–Crippen MR) is 72.7 cm³/mol. The Hall–Kier alpha value is -1.04. The summed E-state index contributed by atoms with van der Waals surface area (Å²) in [6.45, 7) is 8.29. The molecule has 3 heteroatoms. The molecule has 0 spiro atoms. The number of nitriles is 1. The third-order valence-electron chi connectivity index (χ3n) is 4.88. The molecule has 1 N–H and O–H groups in total. The highest BCUT2D eigenvalue weighted by Crippen LogP contribution is 2.31. The standard InChI is InChI=1S/C15H26N2O/c1-5-15(6-2,10-16)14(18)17-13-9-7-8-11(3)12(13)4/h11-13H,5-9H2,1-4H3,(H,17,18). The fourth-order valence-electron chi connectivity index (χ4n) is 2.87. The minimum atomic E-state index is -0.833. The first-order valence-electron chi connectivity index (χ1n) is 7.23. The van der Waals surface area contributed by atoms with Gasteiger partial charge in [-0.3, -0.25) is 4.79 Å². The van der Waals surface area contributed by atoms with Crippen LogP contribution < -0.4 is 5.32 Å². The van der Waals surface area contributed by atoms with Crippen LogP contribution in [0.1, 0.15) is 59.8 Å². The maximum atomic E-state index is 12.3. The summed E-state index contributed by atoms with van der Waals surface area (Å²) >= 11 is 0. The van der Waals surface area contributed by atoms with Gasteiger partial charge in [-0.2, -0.15) is 5.26 Å². The molecule has 0 radical (unpaired) electrons. The van der Waals surface area contributed by atoms with E-state index in [1.54, 1.807) is 0 Å². The van der Waals surface area contributed by atoms with Crippen molar-refractivity contribution in [3.05, 3.63) is 0 Å². The van der Waals surface area contributed by atoms with Gasteiger partial charge in [-0.1, -0.05) is 40.5 Å². The Balaban J connectivity index is 2.72. The Morgan fingerprint density at radius 3 is 2.44 bits per heavy atom. The van der Waals surface area contributed by atoms with E-state index in [2.05, 4.69) is 25.2 Å². The molecule has 3 atom stereocenters. The summed E-state index contributed by atoms with van der Waals surface area (Å²) in [4.78, 5) is 12.3. The van der Waals surface area contributed by atoms with E-state index in [1.165, 1.54) is 12.8 Å². The van der Waals surface area contributed by atoms with E-state index in [1.807, 2.05) is 13.8 Å². The maximum Gasteiger partial charge on any atom is 0.240 e. The number of hydrogen-bond acceptors (Lipinski definition) is 2. The van der Waals surface area contributed by atoms with Crippen molar-refractivity contribution in [2.24, 2.45) is 17.3 Å². The molecule has 3 nitrogen and oxygen atoms in total. The first-order valence-corrected chi connectivity index (χ1v) is 7.23. The highest BCUT2D eigenvalue weighted by atomic mass is 16.2. The molecule has 0 aliphatic heterocycles. The summed E-state index contributed by atoms with van der Waals surface area (Å²) in [5, 5.41) is 12.4. The normalized spacial score (nSPS) is 28.5. The second-order valence-corrected chi connectivity index (χ2v) is 5.75. The molecular weight excluding hydrogens is 224 g/mol. The molecule has 1 aliphatic carbocycles. The largest absolute Gasteiger partial charge is 0.352 e. The number of hydrogen-bond donors (Lipinski definition) is 1. The van der Waals surface area contributed by atoms with Crippen LogP contribution in [0.25, 0.3) is 0 Å². The number of amides is 1. The van der Waals surface area contributed by atoms with Gasteiger partial charge in [0.15, 0.2) is 0 Å². The van der Waals surface area contributed by atoms with Gasteiger partial charge in [0, 0.05) is 6.04 Å². The van der Waals surface area contributed by atoms with E-state index < -0.39 is 5.41 Å². The van der Waals surface area contributed by atoms with Gasteiger partial charge in [0.1, 0.15) is 5.41 Å².